The summed E-state index contributed by atoms with van der Waals surface area (Å²) in [4.78, 5) is 20.2. The minimum absolute atomic E-state index is 0.667. The van der Waals surface area contributed by atoms with E-state index in [1.54, 1.807) is 0 Å². The summed E-state index contributed by atoms with van der Waals surface area (Å²) >= 11 is 0. The summed E-state index contributed by atoms with van der Waals surface area (Å²) < 4.78 is 0. The lowest BCUT2D eigenvalue weighted by Crippen LogP contribution is -1.97. The standard InChI is InChI=1S/C50H32N4/c1-4-12-33(13-5-1)35-20-22-36(23-21-35)40-28-41(45-31-39-18-10-26-51-48(39)49-43(45)19-11-27-52-49)30-42(29-40)50-53-46-32-38(34-14-6-2-7-15-34)24-25-44(46)47(54-50)37-16-8-3-9-17-37/h1-32H. The van der Waals surface area contributed by atoms with Gasteiger partial charge in [-0.3, -0.25) is 9.97 Å². The largest absolute Gasteiger partial charge is 0.254 e. The van der Waals surface area contributed by atoms with Gasteiger partial charge in [-0.15, -0.1) is 0 Å². The van der Waals surface area contributed by atoms with Crippen LogP contribution in [0.25, 0.3) is 99.9 Å². The molecule has 0 saturated heterocycles. The number of nitrogens with zero attached hydrogens (tertiary/aromatic N) is 4. The minimum atomic E-state index is 0.667. The monoisotopic (exact) mass is 688 g/mol. The molecule has 0 aliphatic carbocycles. The van der Waals surface area contributed by atoms with Gasteiger partial charge in [0.15, 0.2) is 5.82 Å². The normalized spacial score (nSPS) is 11.3. The molecule has 10 rings (SSSR count). The van der Waals surface area contributed by atoms with Crippen LogP contribution >= 0.6 is 0 Å². The van der Waals surface area contributed by atoms with E-state index in [1.165, 1.54) is 11.1 Å². The summed E-state index contributed by atoms with van der Waals surface area (Å²) in [6.07, 6.45) is 3.67. The Kier molecular flexibility index (Phi) is 7.77. The van der Waals surface area contributed by atoms with Crippen molar-refractivity contribution in [2.45, 2.75) is 0 Å². The second-order valence-corrected chi connectivity index (χ2v) is 13.5. The molecule has 0 aliphatic rings. The van der Waals surface area contributed by atoms with Gasteiger partial charge in [0.05, 0.1) is 22.2 Å². The Hall–Kier alpha value is -7.30. The number of aromatic nitrogens is 4. The van der Waals surface area contributed by atoms with Gasteiger partial charge < -0.3 is 0 Å². The molecule has 0 atom stereocenters. The Morgan fingerprint density at radius 1 is 0.315 bits per heavy atom. The lowest BCUT2D eigenvalue weighted by atomic mass is 9.92. The van der Waals surface area contributed by atoms with Crippen LogP contribution in [-0.4, -0.2) is 19.9 Å². The third-order valence-corrected chi connectivity index (χ3v) is 10.1. The fourth-order valence-electron chi connectivity index (χ4n) is 7.47. The number of hydrogen-bond acceptors (Lipinski definition) is 4. The highest BCUT2D eigenvalue weighted by Gasteiger charge is 2.17. The summed E-state index contributed by atoms with van der Waals surface area (Å²) in [6.45, 7) is 0. The second-order valence-electron chi connectivity index (χ2n) is 13.5. The summed E-state index contributed by atoms with van der Waals surface area (Å²) in [6, 6.07) is 63.9. The maximum absolute atomic E-state index is 5.35. The van der Waals surface area contributed by atoms with Gasteiger partial charge in [-0.25, -0.2) is 9.97 Å². The molecular formula is C50H32N4. The van der Waals surface area contributed by atoms with E-state index in [4.69, 9.17) is 19.9 Å². The van der Waals surface area contributed by atoms with Gasteiger partial charge in [-0.2, -0.15) is 0 Å². The Balaban J connectivity index is 1.22. The van der Waals surface area contributed by atoms with E-state index in [0.29, 0.717) is 5.82 Å². The molecule has 0 N–H and O–H groups in total. The van der Waals surface area contributed by atoms with Gasteiger partial charge in [-0.05, 0) is 93.0 Å². The van der Waals surface area contributed by atoms with Gasteiger partial charge in [-0.1, -0.05) is 133 Å². The van der Waals surface area contributed by atoms with Crippen molar-refractivity contribution in [2.24, 2.45) is 0 Å². The average Bonchev–Trinajstić information content (AvgIpc) is 3.26. The number of hydrogen-bond donors (Lipinski definition) is 0. The van der Waals surface area contributed by atoms with E-state index in [-0.39, 0.29) is 0 Å². The number of rotatable bonds is 6. The molecule has 0 radical (unpaired) electrons. The van der Waals surface area contributed by atoms with Gasteiger partial charge >= 0.3 is 0 Å². The fraction of sp³-hybridized carbons (Fsp3) is 0. The smallest absolute Gasteiger partial charge is 0.160 e. The molecule has 7 aromatic carbocycles. The van der Waals surface area contributed by atoms with E-state index in [2.05, 4.69) is 152 Å². The second kappa shape index (κ2) is 13.4. The van der Waals surface area contributed by atoms with Crippen molar-refractivity contribution >= 4 is 32.7 Å². The first-order chi connectivity index (χ1) is 26.7. The Bertz CT molecular complexity index is 2960. The molecule has 0 unspecified atom stereocenters. The molecule has 0 spiro atoms. The average molecular weight is 689 g/mol. The van der Waals surface area contributed by atoms with E-state index in [1.807, 2.05) is 42.7 Å². The molecule has 4 heteroatoms. The highest BCUT2D eigenvalue weighted by molar-refractivity contribution is 6.10. The highest BCUT2D eigenvalue weighted by atomic mass is 14.9. The van der Waals surface area contributed by atoms with Crippen LogP contribution in [0, 0.1) is 0 Å². The van der Waals surface area contributed by atoms with Crippen molar-refractivity contribution in [3.63, 3.8) is 0 Å². The number of pyridine rings is 2. The third kappa shape index (κ3) is 5.76. The van der Waals surface area contributed by atoms with Crippen LogP contribution in [0.15, 0.2) is 194 Å². The van der Waals surface area contributed by atoms with Crippen LogP contribution in [0.4, 0.5) is 0 Å². The van der Waals surface area contributed by atoms with E-state index >= 15 is 0 Å². The predicted octanol–water partition coefficient (Wildman–Crippen LogP) is 12.7. The summed E-state index contributed by atoms with van der Waals surface area (Å²) in [7, 11) is 0. The SMILES string of the molecule is c1ccc(-c2ccc(-c3cc(-c4nc(-c5ccccc5)c5ccc(-c6ccccc6)cc5n4)cc(-c4cc5cccnc5c5ncccc45)c3)cc2)cc1. The zero-order valence-electron chi connectivity index (χ0n) is 29.3. The first kappa shape index (κ1) is 31.4. The van der Waals surface area contributed by atoms with Crippen LogP contribution in [0.2, 0.25) is 0 Å². The van der Waals surface area contributed by atoms with Crippen LogP contribution in [-0.2, 0) is 0 Å². The first-order valence-corrected chi connectivity index (χ1v) is 18.1. The van der Waals surface area contributed by atoms with E-state index in [0.717, 1.165) is 82.9 Å². The van der Waals surface area contributed by atoms with Gasteiger partial charge in [0.2, 0.25) is 0 Å². The zero-order chi connectivity index (χ0) is 35.8. The minimum Gasteiger partial charge on any atom is -0.254 e. The predicted molar refractivity (Wildman–Crippen MR) is 223 cm³/mol. The van der Waals surface area contributed by atoms with Crippen LogP contribution < -0.4 is 0 Å². The van der Waals surface area contributed by atoms with Crippen molar-refractivity contribution < 1.29 is 0 Å². The molecule has 0 aliphatic heterocycles. The van der Waals surface area contributed by atoms with E-state index in [9.17, 15) is 0 Å². The quantitative estimate of drug-likeness (QED) is 0.163. The molecule has 54 heavy (non-hydrogen) atoms. The fourth-order valence-corrected chi connectivity index (χ4v) is 7.47. The van der Waals surface area contributed by atoms with Gasteiger partial charge in [0.1, 0.15) is 0 Å². The highest BCUT2D eigenvalue weighted by Crippen LogP contribution is 2.39. The molecule has 0 amide bonds. The summed E-state index contributed by atoms with van der Waals surface area (Å²) in [5.74, 6) is 0.667. The molecular weight excluding hydrogens is 657 g/mol. The number of fused-ring (bicyclic) bond motifs is 4. The summed E-state index contributed by atoms with van der Waals surface area (Å²) in [5, 5.41) is 3.10. The van der Waals surface area contributed by atoms with Crippen LogP contribution in [0.3, 0.4) is 0 Å². The van der Waals surface area contributed by atoms with Crippen LogP contribution in [0.1, 0.15) is 0 Å². The zero-order valence-corrected chi connectivity index (χ0v) is 29.3. The van der Waals surface area contributed by atoms with Crippen molar-refractivity contribution in [2.75, 3.05) is 0 Å². The molecule has 0 saturated carbocycles. The maximum atomic E-state index is 5.35. The Morgan fingerprint density at radius 3 is 1.59 bits per heavy atom. The molecule has 4 nitrogen and oxygen atoms in total. The topological polar surface area (TPSA) is 51.6 Å². The first-order valence-electron chi connectivity index (χ1n) is 18.1. The molecule has 0 fully saturated rings. The Labute approximate surface area is 313 Å². The van der Waals surface area contributed by atoms with Crippen LogP contribution in [0.5, 0.6) is 0 Å². The van der Waals surface area contributed by atoms with Gasteiger partial charge in [0, 0.05) is 39.7 Å². The molecule has 10 aromatic rings. The third-order valence-electron chi connectivity index (χ3n) is 10.1. The van der Waals surface area contributed by atoms with Gasteiger partial charge in [0.25, 0.3) is 0 Å². The molecule has 252 valence electrons. The van der Waals surface area contributed by atoms with E-state index < -0.39 is 0 Å². The van der Waals surface area contributed by atoms with Crippen molar-refractivity contribution in [1.29, 1.82) is 0 Å². The van der Waals surface area contributed by atoms with Crippen molar-refractivity contribution in [3.05, 3.63) is 194 Å². The lowest BCUT2D eigenvalue weighted by molar-refractivity contribution is 1.23. The van der Waals surface area contributed by atoms with Crippen molar-refractivity contribution in [3.8, 4) is 67.2 Å². The van der Waals surface area contributed by atoms with Crippen molar-refractivity contribution in [1.82, 2.24) is 19.9 Å². The molecule has 3 aromatic heterocycles. The Morgan fingerprint density at radius 2 is 0.870 bits per heavy atom. The molecule has 0 bridgehead atoms. The molecule has 3 heterocycles. The number of benzene rings is 7. The maximum Gasteiger partial charge on any atom is 0.160 e. The lowest BCUT2D eigenvalue weighted by Gasteiger charge is -2.15. The summed E-state index contributed by atoms with van der Waals surface area (Å²) in [5.41, 5.74) is 14.5.